The summed E-state index contributed by atoms with van der Waals surface area (Å²) in [6.45, 7) is -0.448. The minimum atomic E-state index is -0.448. The molecule has 2 bridgehead atoms. The third-order valence-corrected chi connectivity index (χ3v) is 8.31. The number of H-pyrrole nitrogens is 1. The molecular weight excluding hydrogens is 473 g/mol. The molecule has 0 spiro atoms. The highest BCUT2D eigenvalue weighted by atomic mass is 19.1. The number of amides is 1. The minimum Gasteiger partial charge on any atom is -0.387 e. The largest absolute Gasteiger partial charge is 0.387 e. The molecule has 7 rings (SSSR count). The van der Waals surface area contributed by atoms with E-state index >= 15 is 4.39 Å². The Labute approximate surface area is 212 Å². The van der Waals surface area contributed by atoms with E-state index in [1.54, 1.807) is 29.2 Å². The number of carbonyl (C=O) groups is 1. The zero-order chi connectivity index (χ0) is 25.3. The highest BCUT2D eigenvalue weighted by Crippen LogP contribution is 2.50. The first kappa shape index (κ1) is 22.4. The molecule has 1 aliphatic carbocycles. The van der Waals surface area contributed by atoms with Gasteiger partial charge in [-0.25, -0.2) is 14.4 Å². The first-order chi connectivity index (χ1) is 18.0. The van der Waals surface area contributed by atoms with Crippen molar-refractivity contribution in [3.05, 3.63) is 53.9 Å². The van der Waals surface area contributed by atoms with E-state index in [4.69, 9.17) is 10.7 Å². The van der Waals surface area contributed by atoms with Gasteiger partial charge in [0.05, 0.1) is 17.5 Å². The summed E-state index contributed by atoms with van der Waals surface area (Å²) < 4.78 is 16.8. The Morgan fingerprint density at radius 1 is 1.14 bits per heavy atom. The van der Waals surface area contributed by atoms with Crippen LogP contribution in [0.25, 0.3) is 28.2 Å². The number of nitrogens with two attached hydrogens (primary N) is 1. The average Bonchev–Trinajstić information content (AvgIpc) is 3.29. The molecular formula is C27H28FN7O2. The van der Waals surface area contributed by atoms with Gasteiger partial charge in [0, 0.05) is 41.5 Å². The Morgan fingerprint density at radius 3 is 2.57 bits per heavy atom. The van der Waals surface area contributed by atoms with Gasteiger partial charge in [-0.05, 0) is 62.1 Å². The van der Waals surface area contributed by atoms with Crippen molar-refractivity contribution in [2.45, 2.75) is 62.4 Å². The standard InChI is InChI=1S/C27H28FN7O2/c28-21-11-15(3-6-19(21)26-30-7-8-31-26)20-12-32-35-25(29)23(14-1-2-14)24(33-27(20)35)16-9-17-4-5-18(10-16)34(17)22(37)13-36/h3,6-8,11-12,14,16-18,36H,1-2,4-5,9-10,13,29H2,(H,30,31)/t16-,17-,18+. The molecule has 9 nitrogen and oxygen atoms in total. The van der Waals surface area contributed by atoms with Crippen LogP contribution < -0.4 is 5.73 Å². The van der Waals surface area contributed by atoms with E-state index in [9.17, 15) is 9.90 Å². The Morgan fingerprint density at radius 2 is 1.92 bits per heavy atom. The van der Waals surface area contributed by atoms with Gasteiger partial charge in [0.25, 0.3) is 0 Å². The van der Waals surface area contributed by atoms with Crippen molar-refractivity contribution in [1.82, 2.24) is 29.5 Å². The summed E-state index contributed by atoms with van der Waals surface area (Å²) >= 11 is 0. The zero-order valence-corrected chi connectivity index (χ0v) is 20.3. The predicted molar refractivity (Wildman–Crippen MR) is 135 cm³/mol. The fraction of sp³-hybridized carbons (Fsp3) is 0.407. The fourth-order valence-corrected chi connectivity index (χ4v) is 6.53. The number of aromatic nitrogens is 5. The number of benzene rings is 1. The van der Waals surface area contributed by atoms with Crippen LogP contribution in [0.4, 0.5) is 10.2 Å². The molecule has 10 heteroatoms. The molecule has 2 aliphatic heterocycles. The van der Waals surface area contributed by atoms with Crippen molar-refractivity contribution in [1.29, 1.82) is 0 Å². The Kier molecular flexibility index (Phi) is 5.07. The summed E-state index contributed by atoms with van der Waals surface area (Å²) in [7, 11) is 0. The van der Waals surface area contributed by atoms with Gasteiger partial charge < -0.3 is 20.7 Å². The quantitative estimate of drug-likeness (QED) is 0.384. The molecule has 3 fully saturated rings. The Hall–Kier alpha value is -3.79. The number of hydrogen-bond donors (Lipinski definition) is 3. The van der Waals surface area contributed by atoms with E-state index in [2.05, 4.69) is 15.1 Å². The lowest BCUT2D eigenvalue weighted by molar-refractivity contribution is -0.138. The van der Waals surface area contributed by atoms with Gasteiger partial charge >= 0.3 is 0 Å². The van der Waals surface area contributed by atoms with Crippen LogP contribution in [0.15, 0.2) is 36.8 Å². The Bertz CT molecular complexity index is 1500. The highest BCUT2D eigenvalue weighted by molar-refractivity contribution is 5.80. The lowest BCUT2D eigenvalue weighted by atomic mass is 9.85. The second kappa shape index (κ2) is 8.37. The Balaban J connectivity index is 1.31. The zero-order valence-electron chi connectivity index (χ0n) is 20.3. The number of aliphatic hydroxyl groups is 1. The maximum absolute atomic E-state index is 15.1. The predicted octanol–water partition coefficient (Wildman–Crippen LogP) is 3.61. The monoisotopic (exact) mass is 501 g/mol. The maximum Gasteiger partial charge on any atom is 0.248 e. The van der Waals surface area contributed by atoms with Gasteiger partial charge in [-0.1, -0.05) is 6.07 Å². The van der Waals surface area contributed by atoms with E-state index < -0.39 is 6.61 Å². The molecule has 37 heavy (non-hydrogen) atoms. The SMILES string of the molecule is Nc1c(C2CC2)c([C@@H]2C[C@H]3CC[C@@H](C2)N3C(=O)CO)nc2c(-c3ccc(-c4ncc[nH]4)c(F)c3)cnn12. The lowest BCUT2D eigenvalue weighted by Gasteiger charge is -2.39. The molecule has 5 heterocycles. The summed E-state index contributed by atoms with van der Waals surface area (Å²) in [5, 5.41) is 14.0. The van der Waals surface area contributed by atoms with Crippen LogP contribution >= 0.6 is 0 Å². The molecule has 2 saturated heterocycles. The second-order valence-electron chi connectivity index (χ2n) is 10.5. The van der Waals surface area contributed by atoms with Gasteiger partial charge in [-0.3, -0.25) is 4.79 Å². The summed E-state index contributed by atoms with van der Waals surface area (Å²) in [6.07, 6.45) is 10.6. The molecule has 1 aromatic carbocycles. The number of rotatable bonds is 5. The number of aromatic amines is 1. The number of hydrogen-bond acceptors (Lipinski definition) is 6. The summed E-state index contributed by atoms with van der Waals surface area (Å²) in [5.74, 6) is 1.05. The van der Waals surface area contributed by atoms with Crippen LogP contribution in [-0.2, 0) is 4.79 Å². The fourth-order valence-electron chi connectivity index (χ4n) is 6.53. The van der Waals surface area contributed by atoms with Crippen molar-refractivity contribution >= 4 is 17.4 Å². The van der Waals surface area contributed by atoms with Crippen LogP contribution in [0.1, 0.15) is 61.6 Å². The number of anilines is 1. The van der Waals surface area contributed by atoms with Crippen molar-refractivity contribution < 1.29 is 14.3 Å². The van der Waals surface area contributed by atoms with Crippen LogP contribution in [0.3, 0.4) is 0 Å². The molecule has 4 aromatic rings. The van der Waals surface area contributed by atoms with Gasteiger partial charge in [0.15, 0.2) is 5.65 Å². The van der Waals surface area contributed by atoms with E-state index in [1.165, 1.54) is 6.07 Å². The first-order valence-corrected chi connectivity index (χ1v) is 12.9. The molecule has 1 saturated carbocycles. The van der Waals surface area contributed by atoms with Crippen LogP contribution in [-0.4, -0.2) is 59.2 Å². The van der Waals surface area contributed by atoms with E-state index in [0.29, 0.717) is 34.3 Å². The van der Waals surface area contributed by atoms with Crippen molar-refractivity contribution in [2.24, 2.45) is 0 Å². The number of nitrogen functional groups attached to an aromatic ring is 1. The third-order valence-electron chi connectivity index (χ3n) is 8.31. The number of fused-ring (bicyclic) bond motifs is 3. The molecule has 0 unspecified atom stereocenters. The van der Waals surface area contributed by atoms with E-state index in [1.807, 2.05) is 11.0 Å². The van der Waals surface area contributed by atoms with Gasteiger partial charge in [0.1, 0.15) is 24.1 Å². The van der Waals surface area contributed by atoms with Gasteiger partial charge in [-0.15, -0.1) is 0 Å². The first-order valence-electron chi connectivity index (χ1n) is 12.9. The minimum absolute atomic E-state index is 0.113. The number of nitrogens with zero attached hydrogens (tertiary/aromatic N) is 5. The van der Waals surface area contributed by atoms with E-state index in [-0.39, 0.29) is 29.7 Å². The third kappa shape index (κ3) is 3.53. The van der Waals surface area contributed by atoms with Crippen LogP contribution in [0.5, 0.6) is 0 Å². The average molecular weight is 502 g/mol. The maximum atomic E-state index is 15.1. The van der Waals surface area contributed by atoms with Crippen molar-refractivity contribution in [3.63, 3.8) is 0 Å². The molecule has 190 valence electrons. The number of nitrogens with one attached hydrogen (secondary N) is 1. The number of imidazole rings is 1. The molecule has 3 aromatic heterocycles. The molecule has 3 aliphatic rings. The van der Waals surface area contributed by atoms with E-state index in [0.717, 1.165) is 55.3 Å². The molecule has 3 atom stereocenters. The summed E-state index contributed by atoms with van der Waals surface area (Å²) in [5.41, 5.74) is 11.2. The lowest BCUT2D eigenvalue weighted by Crippen LogP contribution is -2.47. The smallest absolute Gasteiger partial charge is 0.248 e. The highest BCUT2D eigenvalue weighted by Gasteiger charge is 2.45. The normalized spacial score (nSPS) is 23.2. The second-order valence-corrected chi connectivity index (χ2v) is 10.5. The number of piperidine rings is 1. The van der Waals surface area contributed by atoms with Crippen LogP contribution in [0, 0.1) is 5.82 Å². The molecule has 0 radical (unpaired) electrons. The molecule has 1 amide bonds. The van der Waals surface area contributed by atoms with Crippen LogP contribution in [0.2, 0.25) is 0 Å². The number of halogens is 1. The molecule has 4 N–H and O–H groups in total. The number of aliphatic hydroxyl groups excluding tert-OH is 1. The van der Waals surface area contributed by atoms with Gasteiger partial charge in [-0.2, -0.15) is 9.61 Å². The topological polar surface area (TPSA) is 125 Å². The van der Waals surface area contributed by atoms with Gasteiger partial charge in [0.2, 0.25) is 5.91 Å². The van der Waals surface area contributed by atoms with Crippen molar-refractivity contribution in [2.75, 3.05) is 12.3 Å². The van der Waals surface area contributed by atoms with Crippen molar-refractivity contribution in [3.8, 4) is 22.5 Å². The number of carbonyl (C=O) groups excluding carboxylic acids is 1. The summed E-state index contributed by atoms with van der Waals surface area (Å²) in [4.78, 5) is 26.5. The summed E-state index contributed by atoms with van der Waals surface area (Å²) in [6, 6.07) is 5.27.